The van der Waals surface area contributed by atoms with Crippen molar-refractivity contribution in [3.63, 3.8) is 0 Å². The van der Waals surface area contributed by atoms with E-state index in [-0.39, 0.29) is 0 Å². The maximum Gasteiger partial charge on any atom is 0.0493 e. The van der Waals surface area contributed by atoms with Gasteiger partial charge in [0.1, 0.15) is 0 Å². The molecular weight excluding hydrogens is 206 g/mol. The molecule has 0 aromatic carbocycles. The van der Waals surface area contributed by atoms with Crippen LogP contribution in [0.3, 0.4) is 0 Å². The first kappa shape index (κ1) is 14.7. The van der Waals surface area contributed by atoms with E-state index in [1.807, 2.05) is 0 Å². The SMILES string of the molecule is CCCCC1CC(C)(C=NC(CC)CCC)C1. The largest absolute Gasteiger partial charge is 0.294 e. The molecule has 1 fully saturated rings. The highest BCUT2D eigenvalue weighted by Gasteiger charge is 2.38. The molecule has 0 aromatic heterocycles. The van der Waals surface area contributed by atoms with Crippen LogP contribution >= 0.6 is 0 Å². The summed E-state index contributed by atoms with van der Waals surface area (Å²) in [5.41, 5.74) is 0.430. The Hall–Kier alpha value is -0.330. The Kier molecular flexibility index (Phi) is 6.22. The lowest BCUT2D eigenvalue weighted by atomic mass is 9.62. The fraction of sp³-hybridized carbons (Fsp3) is 0.938. The van der Waals surface area contributed by atoms with E-state index in [0.717, 1.165) is 5.92 Å². The van der Waals surface area contributed by atoms with Gasteiger partial charge in [-0.1, -0.05) is 53.4 Å². The lowest BCUT2D eigenvalue weighted by molar-refractivity contribution is 0.143. The molecule has 1 nitrogen and oxygen atoms in total. The molecule has 0 amide bonds. The van der Waals surface area contributed by atoms with Crippen LogP contribution in [0.5, 0.6) is 0 Å². The van der Waals surface area contributed by atoms with Gasteiger partial charge in [-0.2, -0.15) is 0 Å². The summed E-state index contributed by atoms with van der Waals surface area (Å²) in [4.78, 5) is 4.82. The Bertz CT molecular complexity index is 226. The predicted molar refractivity (Wildman–Crippen MR) is 77.8 cm³/mol. The van der Waals surface area contributed by atoms with Gasteiger partial charge in [-0.25, -0.2) is 0 Å². The summed E-state index contributed by atoms with van der Waals surface area (Å²) in [5, 5.41) is 0. The van der Waals surface area contributed by atoms with Crippen LogP contribution in [0.1, 0.15) is 79.1 Å². The third-order valence-corrected chi connectivity index (χ3v) is 4.17. The van der Waals surface area contributed by atoms with Gasteiger partial charge in [-0.15, -0.1) is 0 Å². The van der Waals surface area contributed by atoms with Crippen LogP contribution in [0.2, 0.25) is 0 Å². The van der Waals surface area contributed by atoms with Crippen molar-refractivity contribution >= 4 is 6.21 Å². The maximum atomic E-state index is 4.82. The fourth-order valence-electron chi connectivity index (χ4n) is 3.06. The van der Waals surface area contributed by atoms with Crippen molar-refractivity contribution in [2.45, 2.75) is 85.1 Å². The summed E-state index contributed by atoms with van der Waals surface area (Å²) < 4.78 is 0. The Morgan fingerprint density at radius 2 is 1.94 bits per heavy atom. The van der Waals surface area contributed by atoms with Crippen molar-refractivity contribution in [1.82, 2.24) is 0 Å². The van der Waals surface area contributed by atoms with E-state index < -0.39 is 0 Å². The second kappa shape index (κ2) is 7.18. The second-order valence-electron chi connectivity index (χ2n) is 6.20. The van der Waals surface area contributed by atoms with Crippen molar-refractivity contribution in [3.05, 3.63) is 0 Å². The van der Waals surface area contributed by atoms with Crippen LogP contribution in [-0.4, -0.2) is 12.3 Å². The number of nitrogens with zero attached hydrogens (tertiary/aromatic N) is 1. The molecule has 0 spiro atoms. The Balaban J connectivity index is 2.29. The molecular formula is C16H31N. The molecule has 17 heavy (non-hydrogen) atoms. The molecule has 0 bridgehead atoms. The van der Waals surface area contributed by atoms with Gasteiger partial charge < -0.3 is 0 Å². The molecule has 0 aliphatic heterocycles. The molecule has 1 atom stereocenters. The highest BCUT2D eigenvalue weighted by molar-refractivity contribution is 5.67. The minimum absolute atomic E-state index is 0.430. The van der Waals surface area contributed by atoms with Crippen LogP contribution in [0, 0.1) is 11.3 Å². The highest BCUT2D eigenvalue weighted by atomic mass is 14.8. The molecule has 0 radical (unpaired) electrons. The molecule has 1 rings (SSSR count). The van der Waals surface area contributed by atoms with Gasteiger partial charge in [0.2, 0.25) is 0 Å². The van der Waals surface area contributed by atoms with Crippen molar-refractivity contribution in [2.75, 3.05) is 0 Å². The normalized spacial score (nSPS) is 30.5. The predicted octanol–water partition coefficient (Wildman–Crippen LogP) is 5.24. The average Bonchev–Trinajstić information content (AvgIpc) is 2.29. The third-order valence-electron chi connectivity index (χ3n) is 4.17. The molecule has 1 aliphatic rings. The zero-order valence-corrected chi connectivity index (χ0v) is 12.3. The number of rotatable bonds is 8. The van der Waals surface area contributed by atoms with E-state index in [1.165, 1.54) is 51.4 Å². The van der Waals surface area contributed by atoms with Crippen LogP contribution in [-0.2, 0) is 0 Å². The van der Waals surface area contributed by atoms with Crippen molar-refractivity contribution in [1.29, 1.82) is 0 Å². The zero-order valence-electron chi connectivity index (χ0n) is 12.3. The Labute approximate surface area is 108 Å². The zero-order chi connectivity index (χ0) is 12.7. The van der Waals surface area contributed by atoms with E-state index >= 15 is 0 Å². The monoisotopic (exact) mass is 237 g/mol. The Morgan fingerprint density at radius 1 is 1.24 bits per heavy atom. The van der Waals surface area contributed by atoms with Gasteiger partial charge in [0.25, 0.3) is 0 Å². The summed E-state index contributed by atoms with van der Waals surface area (Å²) in [7, 11) is 0. The molecule has 100 valence electrons. The van der Waals surface area contributed by atoms with Crippen molar-refractivity contribution < 1.29 is 0 Å². The third kappa shape index (κ3) is 4.81. The molecule has 1 heteroatoms. The van der Waals surface area contributed by atoms with Crippen LogP contribution < -0.4 is 0 Å². The standard InChI is InChI=1S/C16H31N/c1-5-8-10-14-11-16(4,12-14)13-17-15(7-3)9-6-2/h13-15H,5-12H2,1-4H3. The van der Waals surface area contributed by atoms with E-state index in [1.54, 1.807) is 0 Å². The lowest BCUT2D eigenvalue weighted by Crippen LogP contribution is -2.36. The minimum Gasteiger partial charge on any atom is -0.294 e. The van der Waals surface area contributed by atoms with Gasteiger partial charge in [-0.05, 0) is 31.6 Å². The van der Waals surface area contributed by atoms with Gasteiger partial charge in [0.15, 0.2) is 0 Å². The maximum absolute atomic E-state index is 4.82. The van der Waals surface area contributed by atoms with Gasteiger partial charge >= 0.3 is 0 Å². The van der Waals surface area contributed by atoms with Gasteiger partial charge in [0, 0.05) is 17.7 Å². The molecule has 0 N–H and O–H groups in total. The minimum atomic E-state index is 0.430. The van der Waals surface area contributed by atoms with Gasteiger partial charge in [0.05, 0.1) is 0 Å². The summed E-state index contributed by atoms with van der Waals surface area (Å²) in [5.74, 6) is 0.984. The number of hydrogen-bond donors (Lipinski definition) is 0. The molecule has 0 saturated heterocycles. The first-order valence-electron chi connectivity index (χ1n) is 7.67. The van der Waals surface area contributed by atoms with Crippen LogP contribution in [0.25, 0.3) is 0 Å². The smallest absolute Gasteiger partial charge is 0.0493 e. The number of unbranched alkanes of at least 4 members (excludes halogenated alkanes) is 1. The average molecular weight is 237 g/mol. The number of hydrogen-bond acceptors (Lipinski definition) is 1. The summed E-state index contributed by atoms with van der Waals surface area (Å²) in [6, 6.07) is 0.575. The second-order valence-corrected chi connectivity index (χ2v) is 6.20. The van der Waals surface area contributed by atoms with E-state index in [0.29, 0.717) is 11.5 Å². The quantitative estimate of drug-likeness (QED) is 0.512. The van der Waals surface area contributed by atoms with Crippen LogP contribution in [0.15, 0.2) is 4.99 Å². The summed E-state index contributed by atoms with van der Waals surface area (Å²) in [6.45, 7) is 9.18. The van der Waals surface area contributed by atoms with Crippen molar-refractivity contribution in [3.8, 4) is 0 Å². The highest BCUT2D eigenvalue weighted by Crippen LogP contribution is 2.46. The van der Waals surface area contributed by atoms with E-state index in [9.17, 15) is 0 Å². The van der Waals surface area contributed by atoms with Crippen LogP contribution in [0.4, 0.5) is 0 Å². The molecule has 0 heterocycles. The number of aliphatic imine (C=N–C) groups is 1. The van der Waals surface area contributed by atoms with E-state index in [2.05, 4.69) is 33.9 Å². The fourth-order valence-corrected chi connectivity index (χ4v) is 3.06. The first-order chi connectivity index (χ1) is 8.13. The molecule has 1 aliphatic carbocycles. The summed E-state index contributed by atoms with van der Waals surface area (Å²) in [6.07, 6.45) is 12.9. The van der Waals surface area contributed by atoms with Crippen molar-refractivity contribution in [2.24, 2.45) is 16.3 Å². The molecule has 0 aromatic rings. The van der Waals surface area contributed by atoms with E-state index in [4.69, 9.17) is 4.99 Å². The first-order valence-corrected chi connectivity index (χ1v) is 7.67. The topological polar surface area (TPSA) is 12.4 Å². The van der Waals surface area contributed by atoms with Gasteiger partial charge in [-0.3, -0.25) is 4.99 Å². The molecule has 1 unspecified atom stereocenters. The lowest BCUT2D eigenvalue weighted by Gasteiger charge is -2.43. The Morgan fingerprint density at radius 3 is 2.47 bits per heavy atom. The molecule has 1 saturated carbocycles. The summed E-state index contributed by atoms with van der Waals surface area (Å²) >= 11 is 0.